The lowest BCUT2D eigenvalue weighted by molar-refractivity contribution is 0.0865. The largest absolute Gasteiger partial charge is 0.355 e. The van der Waals surface area contributed by atoms with E-state index in [1.807, 2.05) is 18.2 Å². The zero-order valence-electron chi connectivity index (χ0n) is 16.2. The second kappa shape index (κ2) is 6.84. The third kappa shape index (κ3) is 3.90. The Morgan fingerprint density at radius 2 is 1.89 bits per heavy atom. The van der Waals surface area contributed by atoms with Crippen LogP contribution in [-0.4, -0.2) is 17.1 Å². The molecular weight excluding hydrogens is 336 g/mol. The van der Waals surface area contributed by atoms with Gasteiger partial charge in [-0.05, 0) is 47.4 Å². The highest BCUT2D eigenvalue weighted by Crippen LogP contribution is 2.38. The maximum atomic E-state index is 12.7. The molecule has 0 saturated heterocycles. The van der Waals surface area contributed by atoms with Gasteiger partial charge in [-0.2, -0.15) is 0 Å². The van der Waals surface area contributed by atoms with Gasteiger partial charge in [-0.3, -0.25) is 4.79 Å². The summed E-state index contributed by atoms with van der Waals surface area (Å²) in [5, 5.41) is 9.47. The van der Waals surface area contributed by atoms with E-state index in [0.717, 1.165) is 23.8 Å². The van der Waals surface area contributed by atoms with Crippen LogP contribution in [0.3, 0.4) is 0 Å². The quantitative estimate of drug-likeness (QED) is 0.675. The molecule has 27 heavy (non-hydrogen) atoms. The highest BCUT2D eigenvalue weighted by molar-refractivity contribution is 5.94. The number of fused-ring (bicyclic) bond motifs is 1. The zero-order valence-corrected chi connectivity index (χ0v) is 16.2. The van der Waals surface area contributed by atoms with Crippen molar-refractivity contribution >= 4 is 16.7 Å². The van der Waals surface area contributed by atoms with Gasteiger partial charge in [-0.25, -0.2) is 0 Å². The molecule has 1 fully saturated rings. The Bertz CT molecular complexity index is 973. The molecule has 4 rings (SSSR count). The molecule has 1 aliphatic rings. The number of nitrogens with one attached hydrogen (secondary N) is 1. The molecule has 140 valence electrons. The predicted octanol–water partition coefficient (Wildman–Crippen LogP) is 5.44. The minimum atomic E-state index is -0.152. The number of carbonyl (C=O) groups is 1. The lowest BCUT2D eigenvalue weighted by Gasteiger charge is -2.39. The molecule has 2 aromatic carbocycles. The van der Waals surface area contributed by atoms with E-state index in [1.54, 1.807) is 6.07 Å². The number of rotatable bonds is 3. The van der Waals surface area contributed by atoms with E-state index >= 15 is 0 Å². The van der Waals surface area contributed by atoms with Crippen LogP contribution >= 0.6 is 0 Å². The maximum Gasteiger partial charge on any atom is 0.273 e. The van der Waals surface area contributed by atoms with Crippen molar-refractivity contribution in [2.45, 2.75) is 46.1 Å². The molecule has 4 heteroatoms. The van der Waals surface area contributed by atoms with Gasteiger partial charge in [-0.1, -0.05) is 62.3 Å². The molecule has 0 spiro atoms. The van der Waals surface area contributed by atoms with Crippen LogP contribution in [0.1, 0.15) is 50.5 Å². The van der Waals surface area contributed by atoms with Crippen molar-refractivity contribution in [2.75, 3.05) is 0 Å². The van der Waals surface area contributed by atoms with Crippen molar-refractivity contribution < 1.29 is 9.32 Å². The summed E-state index contributed by atoms with van der Waals surface area (Å²) in [5.41, 5.74) is 1.53. The topological polar surface area (TPSA) is 55.1 Å². The van der Waals surface area contributed by atoms with E-state index in [1.165, 1.54) is 11.8 Å². The first-order chi connectivity index (χ1) is 12.9. The average molecular weight is 362 g/mol. The van der Waals surface area contributed by atoms with Gasteiger partial charge in [0.2, 0.25) is 0 Å². The summed E-state index contributed by atoms with van der Waals surface area (Å²) in [6.45, 7) is 6.81. The predicted molar refractivity (Wildman–Crippen MR) is 107 cm³/mol. The fourth-order valence-electron chi connectivity index (χ4n) is 4.58. The van der Waals surface area contributed by atoms with Gasteiger partial charge in [-0.15, -0.1) is 0 Å². The lowest BCUT2D eigenvalue weighted by Crippen LogP contribution is -2.43. The molecule has 0 radical (unpaired) electrons. The molecule has 1 amide bonds. The van der Waals surface area contributed by atoms with Crippen LogP contribution in [0.5, 0.6) is 0 Å². The fraction of sp³-hybridized carbons (Fsp3) is 0.391. The first-order valence-electron chi connectivity index (χ1n) is 9.66. The number of benzene rings is 2. The van der Waals surface area contributed by atoms with Gasteiger partial charge in [0.15, 0.2) is 11.5 Å². The van der Waals surface area contributed by atoms with Crippen LogP contribution in [-0.2, 0) is 0 Å². The summed E-state index contributed by atoms with van der Waals surface area (Å²) < 4.78 is 5.46. The standard InChI is InChI=1S/C23H26N2O2/c1-15-10-19(14-23(2,3)13-15)24-22(26)20-12-21(27-25-20)18-9-8-16-6-4-5-7-17(16)11-18/h4-9,11-12,15,19H,10,13-14H2,1-3H3,(H,24,26)/t15-,19+/m1/s1. The Morgan fingerprint density at radius 3 is 2.67 bits per heavy atom. The highest BCUT2D eigenvalue weighted by Gasteiger charge is 2.33. The van der Waals surface area contributed by atoms with Gasteiger partial charge < -0.3 is 9.84 Å². The van der Waals surface area contributed by atoms with E-state index in [9.17, 15) is 4.79 Å². The lowest BCUT2D eigenvalue weighted by atomic mass is 9.70. The Balaban J connectivity index is 1.50. The molecule has 4 nitrogen and oxygen atoms in total. The van der Waals surface area contributed by atoms with Gasteiger partial charge in [0.25, 0.3) is 5.91 Å². The summed E-state index contributed by atoms with van der Waals surface area (Å²) in [4.78, 5) is 12.7. The number of hydrogen-bond acceptors (Lipinski definition) is 3. The zero-order chi connectivity index (χ0) is 19.0. The Hall–Kier alpha value is -2.62. The first kappa shape index (κ1) is 17.8. The molecule has 3 aromatic rings. The average Bonchev–Trinajstić information content (AvgIpc) is 3.10. The first-order valence-corrected chi connectivity index (χ1v) is 9.66. The number of aromatic nitrogens is 1. The van der Waals surface area contributed by atoms with Crippen molar-refractivity contribution in [3.8, 4) is 11.3 Å². The summed E-state index contributed by atoms with van der Waals surface area (Å²) in [6, 6.07) is 16.2. The summed E-state index contributed by atoms with van der Waals surface area (Å²) in [7, 11) is 0. The smallest absolute Gasteiger partial charge is 0.273 e. The van der Waals surface area contributed by atoms with E-state index in [2.05, 4.69) is 55.5 Å². The Labute approximate surface area is 159 Å². The van der Waals surface area contributed by atoms with Gasteiger partial charge >= 0.3 is 0 Å². The molecule has 0 unspecified atom stereocenters. The monoisotopic (exact) mass is 362 g/mol. The van der Waals surface area contributed by atoms with E-state index < -0.39 is 0 Å². The molecule has 2 atom stereocenters. The molecule has 1 N–H and O–H groups in total. The van der Waals surface area contributed by atoms with Crippen LogP contribution in [0.15, 0.2) is 53.1 Å². The second-order valence-corrected chi connectivity index (χ2v) is 8.72. The molecule has 0 bridgehead atoms. The maximum absolute atomic E-state index is 12.7. The van der Waals surface area contributed by atoms with Gasteiger partial charge in [0.1, 0.15) is 0 Å². The van der Waals surface area contributed by atoms with E-state index in [4.69, 9.17) is 4.52 Å². The number of amides is 1. The van der Waals surface area contributed by atoms with Crippen molar-refractivity contribution in [2.24, 2.45) is 11.3 Å². The highest BCUT2D eigenvalue weighted by atomic mass is 16.5. The van der Waals surface area contributed by atoms with Crippen LogP contribution in [0.25, 0.3) is 22.1 Å². The number of nitrogens with zero attached hydrogens (tertiary/aromatic N) is 1. The SMILES string of the molecule is C[C@@H]1C[C@H](NC(=O)c2cc(-c3ccc4ccccc4c3)on2)CC(C)(C)C1. The molecular formula is C23H26N2O2. The summed E-state index contributed by atoms with van der Waals surface area (Å²) >= 11 is 0. The molecule has 1 aliphatic carbocycles. The third-order valence-corrected chi connectivity index (χ3v) is 5.50. The molecule has 0 aliphatic heterocycles. The van der Waals surface area contributed by atoms with Crippen LogP contribution in [0.2, 0.25) is 0 Å². The van der Waals surface area contributed by atoms with Crippen molar-refractivity contribution in [3.63, 3.8) is 0 Å². The molecule has 1 aromatic heterocycles. The van der Waals surface area contributed by atoms with E-state index in [-0.39, 0.29) is 17.4 Å². The van der Waals surface area contributed by atoms with Crippen LogP contribution in [0.4, 0.5) is 0 Å². The molecule has 1 heterocycles. The molecule has 1 saturated carbocycles. The number of hydrogen-bond donors (Lipinski definition) is 1. The summed E-state index contributed by atoms with van der Waals surface area (Å²) in [6.07, 6.45) is 3.22. The van der Waals surface area contributed by atoms with Crippen LogP contribution in [0, 0.1) is 11.3 Å². The van der Waals surface area contributed by atoms with Gasteiger partial charge in [0, 0.05) is 17.7 Å². The van der Waals surface area contributed by atoms with Crippen molar-refractivity contribution in [1.82, 2.24) is 10.5 Å². The minimum absolute atomic E-state index is 0.152. The summed E-state index contributed by atoms with van der Waals surface area (Å²) in [5.74, 6) is 1.08. The Kier molecular flexibility index (Phi) is 4.50. The second-order valence-electron chi connectivity index (χ2n) is 8.72. The Morgan fingerprint density at radius 1 is 1.11 bits per heavy atom. The number of carbonyl (C=O) groups excluding carboxylic acids is 1. The van der Waals surface area contributed by atoms with Crippen molar-refractivity contribution in [3.05, 3.63) is 54.2 Å². The van der Waals surface area contributed by atoms with Crippen LogP contribution < -0.4 is 5.32 Å². The normalized spacial score (nSPS) is 21.9. The van der Waals surface area contributed by atoms with Gasteiger partial charge in [0.05, 0.1) is 0 Å². The van der Waals surface area contributed by atoms with Crippen molar-refractivity contribution in [1.29, 1.82) is 0 Å². The fourth-order valence-corrected chi connectivity index (χ4v) is 4.58. The third-order valence-electron chi connectivity index (χ3n) is 5.50. The van der Waals surface area contributed by atoms with E-state index in [0.29, 0.717) is 17.4 Å². The minimum Gasteiger partial charge on any atom is -0.355 e.